The van der Waals surface area contributed by atoms with Gasteiger partial charge in [-0.05, 0) is 31.0 Å². The second-order valence-electron chi connectivity index (χ2n) is 4.86. The summed E-state index contributed by atoms with van der Waals surface area (Å²) in [6.45, 7) is 2.20. The molecule has 0 aliphatic carbocycles. The largest absolute Gasteiger partial charge is 0.489 e. The molecule has 0 bridgehead atoms. The predicted octanol–water partition coefficient (Wildman–Crippen LogP) is 4.64. The highest BCUT2D eigenvalue weighted by atomic mass is 35.5. The van der Waals surface area contributed by atoms with Crippen molar-refractivity contribution in [3.8, 4) is 5.75 Å². The van der Waals surface area contributed by atoms with Gasteiger partial charge in [-0.25, -0.2) is 0 Å². The lowest BCUT2D eigenvalue weighted by Gasteiger charge is -2.25. The first-order chi connectivity index (χ1) is 8.70. The number of ketones is 1. The molecule has 0 saturated carbocycles. The molecule has 1 aromatic rings. The molecule has 98 valence electrons. The van der Waals surface area contributed by atoms with Crippen molar-refractivity contribution >= 4 is 17.4 Å². The van der Waals surface area contributed by atoms with Crippen LogP contribution in [0.1, 0.15) is 55.8 Å². The highest BCUT2D eigenvalue weighted by Gasteiger charge is 2.26. The van der Waals surface area contributed by atoms with Crippen molar-refractivity contribution < 1.29 is 9.53 Å². The first kappa shape index (κ1) is 13.4. The van der Waals surface area contributed by atoms with Crippen LogP contribution in [0.2, 0.25) is 5.02 Å². The summed E-state index contributed by atoms with van der Waals surface area (Å²) in [5.74, 6) is 0.843. The van der Waals surface area contributed by atoms with Crippen LogP contribution >= 0.6 is 11.6 Å². The topological polar surface area (TPSA) is 26.3 Å². The van der Waals surface area contributed by atoms with Gasteiger partial charge in [0.1, 0.15) is 11.9 Å². The molecule has 0 N–H and O–H groups in total. The Morgan fingerprint density at radius 1 is 1.33 bits per heavy atom. The van der Waals surface area contributed by atoms with Crippen molar-refractivity contribution in [2.24, 2.45) is 0 Å². The van der Waals surface area contributed by atoms with Gasteiger partial charge in [-0.1, -0.05) is 37.8 Å². The van der Waals surface area contributed by atoms with Crippen LogP contribution in [0.15, 0.2) is 18.2 Å². The number of hydrogen-bond donors (Lipinski definition) is 0. The number of unbranched alkanes of at least 4 members (excludes halogenated alkanes) is 3. The van der Waals surface area contributed by atoms with Crippen LogP contribution in [0.3, 0.4) is 0 Å². The maximum Gasteiger partial charge on any atom is 0.170 e. The summed E-state index contributed by atoms with van der Waals surface area (Å²) >= 11 is 5.89. The maximum atomic E-state index is 12.0. The summed E-state index contributed by atoms with van der Waals surface area (Å²) in [6.07, 6.45) is 6.33. The highest BCUT2D eigenvalue weighted by Crippen LogP contribution is 2.31. The fourth-order valence-corrected chi connectivity index (χ4v) is 2.49. The molecule has 0 saturated heterocycles. The van der Waals surface area contributed by atoms with Crippen molar-refractivity contribution in [1.82, 2.24) is 0 Å². The van der Waals surface area contributed by atoms with Gasteiger partial charge >= 0.3 is 0 Å². The molecule has 0 spiro atoms. The third kappa shape index (κ3) is 3.26. The average Bonchev–Trinajstić information content (AvgIpc) is 2.36. The van der Waals surface area contributed by atoms with Crippen LogP contribution in [0, 0.1) is 0 Å². The number of benzene rings is 1. The van der Waals surface area contributed by atoms with Crippen LogP contribution < -0.4 is 4.74 Å². The van der Waals surface area contributed by atoms with E-state index in [1.54, 1.807) is 18.2 Å². The molecule has 2 rings (SSSR count). The fourth-order valence-electron chi connectivity index (χ4n) is 2.32. The Morgan fingerprint density at radius 2 is 2.17 bits per heavy atom. The van der Waals surface area contributed by atoms with Crippen molar-refractivity contribution in [2.45, 2.75) is 51.6 Å². The molecule has 3 heteroatoms. The fraction of sp³-hybridized carbons (Fsp3) is 0.533. The van der Waals surface area contributed by atoms with E-state index in [2.05, 4.69) is 6.92 Å². The molecule has 1 aliphatic rings. The minimum Gasteiger partial charge on any atom is -0.489 e. The zero-order chi connectivity index (χ0) is 13.0. The Kier molecular flexibility index (Phi) is 4.65. The van der Waals surface area contributed by atoms with Gasteiger partial charge in [0, 0.05) is 11.4 Å². The Labute approximate surface area is 113 Å². The Bertz CT molecular complexity index is 429. The monoisotopic (exact) mass is 266 g/mol. The number of halogens is 1. The van der Waals surface area contributed by atoms with Crippen molar-refractivity contribution in [3.63, 3.8) is 0 Å². The van der Waals surface area contributed by atoms with Crippen molar-refractivity contribution in [1.29, 1.82) is 0 Å². The normalized spacial score (nSPS) is 18.3. The number of carbonyl (C=O) groups excluding carboxylic acids is 1. The lowest BCUT2D eigenvalue weighted by atomic mass is 9.97. The number of hydrogen-bond acceptors (Lipinski definition) is 2. The van der Waals surface area contributed by atoms with Crippen molar-refractivity contribution in [3.05, 3.63) is 28.8 Å². The molecule has 0 radical (unpaired) electrons. The summed E-state index contributed by atoms with van der Waals surface area (Å²) < 4.78 is 5.86. The Balaban J connectivity index is 1.96. The molecule has 18 heavy (non-hydrogen) atoms. The van der Waals surface area contributed by atoms with E-state index in [0.29, 0.717) is 22.8 Å². The van der Waals surface area contributed by atoms with Crippen LogP contribution in [0.5, 0.6) is 5.75 Å². The summed E-state index contributed by atoms with van der Waals surface area (Å²) in [7, 11) is 0. The summed E-state index contributed by atoms with van der Waals surface area (Å²) in [6, 6.07) is 5.27. The Morgan fingerprint density at radius 3 is 2.94 bits per heavy atom. The van der Waals surface area contributed by atoms with Gasteiger partial charge < -0.3 is 4.74 Å². The van der Waals surface area contributed by atoms with Crippen LogP contribution in [-0.4, -0.2) is 11.9 Å². The molecule has 1 unspecified atom stereocenters. The molecule has 1 aromatic carbocycles. The molecule has 2 nitrogen and oxygen atoms in total. The minimum absolute atomic E-state index is 0.0445. The smallest absolute Gasteiger partial charge is 0.170 e. The van der Waals surface area contributed by atoms with E-state index in [9.17, 15) is 4.79 Å². The SMILES string of the molecule is CCCCCCC1CC(=O)c2cc(Cl)ccc2O1. The number of carbonyl (C=O) groups is 1. The molecule has 1 atom stereocenters. The van der Waals surface area contributed by atoms with E-state index in [0.717, 1.165) is 12.8 Å². The maximum absolute atomic E-state index is 12.0. The van der Waals surface area contributed by atoms with E-state index < -0.39 is 0 Å². The molecular weight excluding hydrogens is 248 g/mol. The van der Waals surface area contributed by atoms with Gasteiger partial charge in [0.05, 0.1) is 5.56 Å². The first-order valence-corrected chi connectivity index (χ1v) is 7.08. The molecule has 0 fully saturated rings. The van der Waals surface area contributed by atoms with E-state index in [1.807, 2.05) is 0 Å². The summed E-state index contributed by atoms with van der Waals surface area (Å²) in [4.78, 5) is 12.0. The van der Waals surface area contributed by atoms with Crippen LogP contribution in [-0.2, 0) is 0 Å². The third-order valence-electron chi connectivity index (χ3n) is 3.33. The molecular formula is C15H19ClO2. The van der Waals surface area contributed by atoms with Gasteiger partial charge in [0.2, 0.25) is 0 Å². The van der Waals surface area contributed by atoms with Gasteiger partial charge in [-0.15, -0.1) is 0 Å². The average molecular weight is 267 g/mol. The zero-order valence-corrected chi connectivity index (χ0v) is 11.5. The number of Topliss-reactive ketones (excluding diaryl/α,β-unsaturated/α-hetero) is 1. The zero-order valence-electron chi connectivity index (χ0n) is 10.7. The standard InChI is InChI=1S/C15H19ClO2/c1-2-3-4-5-6-12-10-14(17)13-9-11(16)7-8-15(13)18-12/h7-9,12H,2-6,10H2,1H3. The number of ether oxygens (including phenoxy) is 1. The highest BCUT2D eigenvalue weighted by molar-refractivity contribution is 6.31. The quantitative estimate of drug-likeness (QED) is 0.726. The minimum atomic E-state index is 0.0445. The van der Waals surface area contributed by atoms with Crippen molar-refractivity contribution in [2.75, 3.05) is 0 Å². The van der Waals surface area contributed by atoms with Gasteiger partial charge in [0.25, 0.3) is 0 Å². The third-order valence-corrected chi connectivity index (χ3v) is 3.56. The van der Waals surface area contributed by atoms with Gasteiger partial charge in [0.15, 0.2) is 5.78 Å². The van der Waals surface area contributed by atoms with Crippen LogP contribution in [0.4, 0.5) is 0 Å². The van der Waals surface area contributed by atoms with Gasteiger partial charge in [-0.2, -0.15) is 0 Å². The molecule has 1 heterocycles. The second-order valence-corrected chi connectivity index (χ2v) is 5.29. The van der Waals surface area contributed by atoms with E-state index in [-0.39, 0.29) is 11.9 Å². The first-order valence-electron chi connectivity index (χ1n) is 6.70. The van der Waals surface area contributed by atoms with E-state index in [1.165, 1.54) is 19.3 Å². The molecule has 0 amide bonds. The van der Waals surface area contributed by atoms with E-state index >= 15 is 0 Å². The van der Waals surface area contributed by atoms with Crippen LogP contribution in [0.25, 0.3) is 0 Å². The van der Waals surface area contributed by atoms with E-state index in [4.69, 9.17) is 16.3 Å². The lowest BCUT2D eigenvalue weighted by molar-refractivity contribution is 0.0835. The number of rotatable bonds is 5. The second kappa shape index (κ2) is 6.24. The summed E-state index contributed by atoms with van der Waals surface area (Å²) in [5, 5.41) is 0.590. The molecule has 1 aliphatic heterocycles. The molecule has 0 aromatic heterocycles. The predicted molar refractivity (Wildman–Crippen MR) is 73.6 cm³/mol. The number of fused-ring (bicyclic) bond motifs is 1. The van der Waals surface area contributed by atoms with Gasteiger partial charge in [-0.3, -0.25) is 4.79 Å². The Hall–Kier alpha value is -1.02. The summed E-state index contributed by atoms with van der Waals surface area (Å²) in [5.41, 5.74) is 0.632. The lowest BCUT2D eigenvalue weighted by Crippen LogP contribution is -2.26.